The van der Waals surface area contributed by atoms with Gasteiger partial charge in [-0.3, -0.25) is 0 Å². The Kier molecular flexibility index (Phi) is 3.66. The molecule has 0 bridgehead atoms. The highest BCUT2D eigenvalue weighted by Gasteiger charge is 2.30. The molecule has 0 unspecified atom stereocenters. The van der Waals surface area contributed by atoms with E-state index >= 15 is 0 Å². The third kappa shape index (κ3) is 3.58. The number of carbonyl (C=O) groups excluding carboxylic acids is 1. The molecule has 0 heterocycles. The molecule has 1 nitrogen and oxygen atoms in total. The molecule has 0 saturated heterocycles. The summed E-state index contributed by atoms with van der Waals surface area (Å²) in [4.78, 5) is 9.99. The highest BCUT2D eigenvalue weighted by Crippen LogP contribution is 2.29. The predicted octanol–water partition coefficient (Wildman–Crippen LogP) is 3.31. The van der Waals surface area contributed by atoms with Gasteiger partial charge in [0.05, 0.1) is 5.56 Å². The van der Waals surface area contributed by atoms with Crippen LogP contribution >= 0.6 is 0 Å². The van der Waals surface area contributed by atoms with E-state index < -0.39 is 11.7 Å². The lowest BCUT2D eigenvalue weighted by atomic mass is 10.1. The third-order valence-corrected chi connectivity index (χ3v) is 1.76. The lowest BCUT2D eigenvalue weighted by Gasteiger charge is -2.06. The first kappa shape index (κ1) is 11.5. The zero-order valence-corrected chi connectivity index (χ0v) is 7.79. The molecule has 80 valence electrons. The lowest BCUT2D eigenvalue weighted by Crippen LogP contribution is -2.04. The summed E-state index contributed by atoms with van der Waals surface area (Å²) in [5.74, 6) is 0. The highest BCUT2D eigenvalue weighted by atomic mass is 19.4. The Bertz CT molecular complexity index is 366. The number of benzene rings is 1. The first-order valence-corrected chi connectivity index (χ1v) is 4.31. The summed E-state index contributed by atoms with van der Waals surface area (Å²) in [5, 5.41) is 0. The van der Waals surface area contributed by atoms with Crippen molar-refractivity contribution in [3.8, 4) is 0 Å². The van der Waals surface area contributed by atoms with Gasteiger partial charge in [0.1, 0.15) is 6.29 Å². The van der Waals surface area contributed by atoms with Crippen LogP contribution in [0.5, 0.6) is 0 Å². The first-order valence-electron chi connectivity index (χ1n) is 4.31. The van der Waals surface area contributed by atoms with Crippen molar-refractivity contribution in [3.05, 3.63) is 41.5 Å². The summed E-state index contributed by atoms with van der Waals surface area (Å²) in [5.41, 5.74) is -0.248. The number of rotatable bonds is 3. The molecule has 0 amide bonds. The van der Waals surface area contributed by atoms with Crippen LogP contribution in [0.4, 0.5) is 13.2 Å². The van der Waals surface area contributed by atoms with Crippen LogP contribution < -0.4 is 0 Å². The van der Waals surface area contributed by atoms with Crippen LogP contribution in [0.15, 0.2) is 30.3 Å². The van der Waals surface area contributed by atoms with Crippen molar-refractivity contribution in [3.63, 3.8) is 0 Å². The van der Waals surface area contributed by atoms with E-state index in [1.165, 1.54) is 18.2 Å². The van der Waals surface area contributed by atoms with Gasteiger partial charge < -0.3 is 4.79 Å². The molecule has 4 heteroatoms. The molecule has 1 rings (SSSR count). The summed E-state index contributed by atoms with van der Waals surface area (Å²) in [7, 11) is 0. The third-order valence-electron chi connectivity index (χ3n) is 1.76. The van der Waals surface area contributed by atoms with Gasteiger partial charge in [-0.15, -0.1) is 0 Å². The van der Waals surface area contributed by atoms with Gasteiger partial charge in [0.2, 0.25) is 0 Å². The number of aldehydes is 1. The van der Waals surface area contributed by atoms with E-state index in [1.807, 2.05) is 0 Å². The van der Waals surface area contributed by atoms with Gasteiger partial charge in [0.25, 0.3) is 0 Å². The largest absolute Gasteiger partial charge is 0.416 e. The standard InChI is InChI=1S/C11H9F3O/c12-11(13,14)10-6-3-5-9(8-10)4-1-2-7-15/h1,3-8H,2H2/b4-1+. The van der Waals surface area contributed by atoms with E-state index in [-0.39, 0.29) is 6.42 Å². The topological polar surface area (TPSA) is 17.1 Å². The van der Waals surface area contributed by atoms with E-state index in [9.17, 15) is 18.0 Å². The maximum Gasteiger partial charge on any atom is 0.416 e. The number of halogens is 3. The number of allylic oxidation sites excluding steroid dienone is 1. The fourth-order valence-electron chi connectivity index (χ4n) is 1.08. The first-order chi connectivity index (χ1) is 7.04. The van der Waals surface area contributed by atoms with Crippen LogP contribution in [0.3, 0.4) is 0 Å². The van der Waals surface area contributed by atoms with Crippen molar-refractivity contribution in [1.82, 2.24) is 0 Å². The molecular weight excluding hydrogens is 205 g/mol. The molecule has 0 radical (unpaired) electrons. The quantitative estimate of drug-likeness (QED) is 0.705. The average molecular weight is 214 g/mol. The summed E-state index contributed by atoms with van der Waals surface area (Å²) in [6, 6.07) is 4.94. The molecule has 0 spiro atoms. The smallest absolute Gasteiger partial charge is 0.303 e. The van der Waals surface area contributed by atoms with Gasteiger partial charge in [-0.2, -0.15) is 13.2 Å². The van der Waals surface area contributed by atoms with Gasteiger partial charge in [0, 0.05) is 6.42 Å². The Hall–Kier alpha value is -1.58. The fraction of sp³-hybridized carbons (Fsp3) is 0.182. The normalized spacial score (nSPS) is 11.9. The van der Waals surface area contributed by atoms with E-state index in [2.05, 4.69) is 0 Å². The second kappa shape index (κ2) is 4.77. The van der Waals surface area contributed by atoms with Gasteiger partial charge in [-0.1, -0.05) is 24.3 Å². The second-order valence-electron chi connectivity index (χ2n) is 2.93. The predicted molar refractivity (Wildman–Crippen MR) is 51.2 cm³/mol. The van der Waals surface area contributed by atoms with Gasteiger partial charge in [-0.25, -0.2) is 0 Å². The molecular formula is C11H9F3O. The SMILES string of the molecule is O=CC/C=C/c1cccc(C(F)(F)F)c1. The molecule has 0 fully saturated rings. The molecule has 0 N–H and O–H groups in total. The van der Waals surface area contributed by atoms with Crippen molar-refractivity contribution < 1.29 is 18.0 Å². The molecule has 15 heavy (non-hydrogen) atoms. The lowest BCUT2D eigenvalue weighted by molar-refractivity contribution is -0.137. The van der Waals surface area contributed by atoms with E-state index in [0.29, 0.717) is 11.8 Å². The fourth-order valence-corrected chi connectivity index (χ4v) is 1.08. The van der Waals surface area contributed by atoms with E-state index in [4.69, 9.17) is 0 Å². The summed E-state index contributed by atoms with van der Waals surface area (Å²) < 4.78 is 36.8. The number of carbonyl (C=O) groups is 1. The maximum atomic E-state index is 12.3. The molecule has 1 aromatic rings. The molecule has 0 aliphatic rings. The summed E-state index contributed by atoms with van der Waals surface area (Å²) in [6.45, 7) is 0. The van der Waals surface area contributed by atoms with Crippen molar-refractivity contribution in [2.45, 2.75) is 12.6 Å². The van der Waals surface area contributed by atoms with Crippen LogP contribution in [0, 0.1) is 0 Å². The zero-order chi connectivity index (χ0) is 11.3. The van der Waals surface area contributed by atoms with Crippen molar-refractivity contribution in [2.75, 3.05) is 0 Å². The van der Waals surface area contributed by atoms with Crippen LogP contribution in [-0.2, 0) is 11.0 Å². The minimum atomic E-state index is -4.32. The number of alkyl halides is 3. The number of hydrogen-bond donors (Lipinski definition) is 0. The average Bonchev–Trinajstić information content (AvgIpc) is 2.17. The summed E-state index contributed by atoms with van der Waals surface area (Å²) in [6.07, 6.45) is -0.430. The monoisotopic (exact) mass is 214 g/mol. The Balaban J connectivity index is 2.88. The molecule has 1 aromatic carbocycles. The van der Waals surface area contributed by atoms with E-state index in [1.54, 1.807) is 6.07 Å². The van der Waals surface area contributed by atoms with Crippen LogP contribution in [0.2, 0.25) is 0 Å². The molecule has 0 atom stereocenters. The summed E-state index contributed by atoms with van der Waals surface area (Å²) >= 11 is 0. The van der Waals surface area contributed by atoms with Crippen LogP contribution in [-0.4, -0.2) is 6.29 Å². The van der Waals surface area contributed by atoms with Gasteiger partial charge in [-0.05, 0) is 17.7 Å². The second-order valence-corrected chi connectivity index (χ2v) is 2.93. The Morgan fingerprint density at radius 1 is 1.27 bits per heavy atom. The van der Waals surface area contributed by atoms with Crippen molar-refractivity contribution in [2.24, 2.45) is 0 Å². The van der Waals surface area contributed by atoms with Crippen LogP contribution in [0.1, 0.15) is 17.5 Å². The molecule has 0 aliphatic carbocycles. The minimum absolute atomic E-state index is 0.205. The molecule has 0 aromatic heterocycles. The zero-order valence-electron chi connectivity index (χ0n) is 7.79. The Morgan fingerprint density at radius 2 is 2.00 bits per heavy atom. The van der Waals surface area contributed by atoms with Gasteiger partial charge in [0.15, 0.2) is 0 Å². The molecule has 0 saturated carbocycles. The minimum Gasteiger partial charge on any atom is -0.303 e. The number of hydrogen-bond acceptors (Lipinski definition) is 1. The molecule has 0 aliphatic heterocycles. The van der Waals surface area contributed by atoms with Crippen molar-refractivity contribution >= 4 is 12.4 Å². The maximum absolute atomic E-state index is 12.3. The van der Waals surface area contributed by atoms with E-state index in [0.717, 1.165) is 12.1 Å². The Morgan fingerprint density at radius 3 is 2.60 bits per heavy atom. The van der Waals surface area contributed by atoms with Crippen molar-refractivity contribution in [1.29, 1.82) is 0 Å². The highest BCUT2D eigenvalue weighted by molar-refractivity contribution is 5.58. The van der Waals surface area contributed by atoms with Gasteiger partial charge >= 0.3 is 6.18 Å². The van der Waals surface area contributed by atoms with Crippen LogP contribution in [0.25, 0.3) is 6.08 Å². The Labute approximate surface area is 85.2 Å².